The van der Waals surface area contributed by atoms with Crippen LogP contribution in [0.1, 0.15) is 46.0 Å². The van der Waals surface area contributed by atoms with Gasteiger partial charge in [-0.05, 0) is 18.8 Å². The number of rotatable bonds is 7. The smallest absolute Gasteiger partial charge is 0.303 e. The fraction of sp³-hybridized carbons (Fsp3) is 0.800. The van der Waals surface area contributed by atoms with Crippen molar-refractivity contribution in [3.8, 4) is 0 Å². The summed E-state index contributed by atoms with van der Waals surface area (Å²) >= 11 is 0. The predicted octanol–water partition coefficient (Wildman–Crippen LogP) is 2.25. The minimum atomic E-state index is -0.823. The van der Waals surface area contributed by atoms with Crippen molar-refractivity contribution in [3.05, 3.63) is 0 Å². The maximum absolute atomic E-state index is 11.1. The van der Waals surface area contributed by atoms with Crippen molar-refractivity contribution in [2.45, 2.75) is 46.0 Å². The molecule has 0 fully saturated rings. The van der Waals surface area contributed by atoms with E-state index in [1.165, 1.54) is 0 Å². The molecule has 13 heavy (non-hydrogen) atoms. The van der Waals surface area contributed by atoms with Crippen LogP contribution in [0.2, 0.25) is 0 Å². The molecule has 0 unspecified atom stereocenters. The van der Waals surface area contributed by atoms with E-state index in [4.69, 9.17) is 5.11 Å². The van der Waals surface area contributed by atoms with E-state index in [-0.39, 0.29) is 12.2 Å². The molecule has 0 heterocycles. The van der Waals surface area contributed by atoms with Crippen LogP contribution in [-0.2, 0) is 9.59 Å². The SMILES string of the molecule is CC(C)CCC(=O)CCCC(=O)O. The molecule has 0 aliphatic heterocycles. The molecule has 0 radical (unpaired) electrons. The number of carbonyl (C=O) groups is 2. The fourth-order valence-corrected chi connectivity index (χ4v) is 1.01. The van der Waals surface area contributed by atoms with Crippen molar-refractivity contribution < 1.29 is 14.7 Å². The standard InChI is InChI=1S/C10H18O3/c1-8(2)6-7-9(11)4-3-5-10(12)13/h8H,3-7H2,1-2H3,(H,12,13). The summed E-state index contributed by atoms with van der Waals surface area (Å²) in [6, 6.07) is 0. The highest BCUT2D eigenvalue weighted by molar-refractivity contribution is 5.78. The third kappa shape index (κ3) is 9.05. The first-order chi connectivity index (χ1) is 6.02. The number of aliphatic carboxylic acids is 1. The molecule has 0 aliphatic carbocycles. The van der Waals surface area contributed by atoms with Gasteiger partial charge in [-0.3, -0.25) is 9.59 Å². The van der Waals surface area contributed by atoms with Gasteiger partial charge >= 0.3 is 5.97 Å². The molecule has 0 bridgehead atoms. The molecular formula is C10H18O3. The van der Waals surface area contributed by atoms with Crippen molar-refractivity contribution in [1.29, 1.82) is 0 Å². The van der Waals surface area contributed by atoms with E-state index in [0.29, 0.717) is 25.2 Å². The van der Waals surface area contributed by atoms with Crippen LogP contribution in [0.3, 0.4) is 0 Å². The Morgan fingerprint density at radius 2 is 1.77 bits per heavy atom. The predicted molar refractivity (Wildman–Crippen MR) is 50.6 cm³/mol. The molecule has 0 aromatic carbocycles. The second-order valence-electron chi connectivity index (χ2n) is 3.72. The second kappa shape index (κ2) is 6.63. The highest BCUT2D eigenvalue weighted by Gasteiger charge is 2.04. The van der Waals surface area contributed by atoms with Crippen LogP contribution in [0.25, 0.3) is 0 Å². The summed E-state index contributed by atoms with van der Waals surface area (Å²) < 4.78 is 0. The topological polar surface area (TPSA) is 54.4 Å². The Bertz CT molecular complexity index is 173. The van der Waals surface area contributed by atoms with Crippen LogP contribution in [0.15, 0.2) is 0 Å². The van der Waals surface area contributed by atoms with Crippen LogP contribution >= 0.6 is 0 Å². The molecule has 0 amide bonds. The van der Waals surface area contributed by atoms with Crippen LogP contribution in [0, 0.1) is 5.92 Å². The van der Waals surface area contributed by atoms with Gasteiger partial charge in [0.05, 0.1) is 0 Å². The second-order valence-corrected chi connectivity index (χ2v) is 3.72. The van der Waals surface area contributed by atoms with E-state index in [1.807, 2.05) is 0 Å². The van der Waals surface area contributed by atoms with Gasteiger partial charge in [0.1, 0.15) is 5.78 Å². The molecule has 76 valence electrons. The van der Waals surface area contributed by atoms with Crippen LogP contribution < -0.4 is 0 Å². The largest absolute Gasteiger partial charge is 0.481 e. The van der Waals surface area contributed by atoms with Crippen LogP contribution in [0.5, 0.6) is 0 Å². The summed E-state index contributed by atoms with van der Waals surface area (Å²) in [5.41, 5.74) is 0. The first-order valence-corrected chi connectivity index (χ1v) is 4.76. The maximum Gasteiger partial charge on any atom is 0.303 e. The van der Waals surface area contributed by atoms with Crippen LogP contribution in [-0.4, -0.2) is 16.9 Å². The van der Waals surface area contributed by atoms with Crippen molar-refractivity contribution in [2.75, 3.05) is 0 Å². The van der Waals surface area contributed by atoms with Gasteiger partial charge in [-0.15, -0.1) is 0 Å². The lowest BCUT2D eigenvalue weighted by molar-refractivity contribution is -0.137. The molecular weight excluding hydrogens is 168 g/mol. The molecule has 0 spiro atoms. The normalized spacial score (nSPS) is 10.4. The van der Waals surface area contributed by atoms with Crippen molar-refractivity contribution >= 4 is 11.8 Å². The first kappa shape index (κ1) is 12.1. The van der Waals surface area contributed by atoms with E-state index in [1.54, 1.807) is 0 Å². The lowest BCUT2D eigenvalue weighted by Crippen LogP contribution is -2.02. The number of carboxylic acid groups (broad SMARTS) is 1. The van der Waals surface area contributed by atoms with Crippen LogP contribution in [0.4, 0.5) is 0 Å². The number of carboxylic acids is 1. The van der Waals surface area contributed by atoms with Gasteiger partial charge in [0, 0.05) is 19.3 Å². The number of ketones is 1. The van der Waals surface area contributed by atoms with Gasteiger partial charge < -0.3 is 5.11 Å². The van der Waals surface area contributed by atoms with Gasteiger partial charge in [0.15, 0.2) is 0 Å². The Hall–Kier alpha value is -0.860. The zero-order valence-electron chi connectivity index (χ0n) is 8.38. The zero-order chi connectivity index (χ0) is 10.3. The van der Waals surface area contributed by atoms with E-state index in [2.05, 4.69) is 13.8 Å². The number of hydrogen-bond donors (Lipinski definition) is 1. The van der Waals surface area contributed by atoms with Crippen molar-refractivity contribution in [1.82, 2.24) is 0 Å². The lowest BCUT2D eigenvalue weighted by Gasteiger charge is -2.02. The number of carbonyl (C=O) groups excluding carboxylic acids is 1. The summed E-state index contributed by atoms with van der Waals surface area (Å²) in [4.78, 5) is 21.3. The Balaban J connectivity index is 3.35. The average Bonchev–Trinajstić information content (AvgIpc) is 2.00. The highest BCUT2D eigenvalue weighted by Crippen LogP contribution is 2.07. The minimum absolute atomic E-state index is 0.105. The van der Waals surface area contributed by atoms with E-state index < -0.39 is 5.97 Å². The quantitative estimate of drug-likeness (QED) is 0.663. The molecule has 0 rings (SSSR count). The van der Waals surface area contributed by atoms with Gasteiger partial charge in [0.2, 0.25) is 0 Å². The summed E-state index contributed by atoms with van der Waals surface area (Å²) in [5.74, 6) is -0.0879. The molecule has 0 aliphatic rings. The summed E-state index contributed by atoms with van der Waals surface area (Å²) in [5, 5.41) is 8.33. The monoisotopic (exact) mass is 186 g/mol. The Labute approximate surface area is 79.1 Å². The lowest BCUT2D eigenvalue weighted by atomic mass is 10.0. The highest BCUT2D eigenvalue weighted by atomic mass is 16.4. The Morgan fingerprint density at radius 3 is 2.23 bits per heavy atom. The molecule has 0 saturated heterocycles. The van der Waals surface area contributed by atoms with Gasteiger partial charge in [-0.25, -0.2) is 0 Å². The molecule has 3 nitrogen and oxygen atoms in total. The summed E-state index contributed by atoms with van der Waals surface area (Å²) in [6.07, 6.45) is 2.50. The van der Waals surface area contributed by atoms with Gasteiger partial charge in [-0.2, -0.15) is 0 Å². The average molecular weight is 186 g/mol. The Kier molecular flexibility index (Phi) is 6.20. The first-order valence-electron chi connectivity index (χ1n) is 4.76. The fourth-order valence-electron chi connectivity index (χ4n) is 1.01. The van der Waals surface area contributed by atoms with Crippen molar-refractivity contribution in [2.24, 2.45) is 5.92 Å². The molecule has 0 aromatic heterocycles. The minimum Gasteiger partial charge on any atom is -0.481 e. The van der Waals surface area contributed by atoms with E-state index in [0.717, 1.165) is 6.42 Å². The van der Waals surface area contributed by atoms with E-state index >= 15 is 0 Å². The van der Waals surface area contributed by atoms with Crippen molar-refractivity contribution in [3.63, 3.8) is 0 Å². The summed E-state index contributed by atoms with van der Waals surface area (Å²) in [7, 11) is 0. The Morgan fingerprint density at radius 1 is 1.15 bits per heavy atom. The summed E-state index contributed by atoms with van der Waals surface area (Å²) in [6.45, 7) is 4.15. The third-order valence-electron chi connectivity index (χ3n) is 1.85. The number of hydrogen-bond acceptors (Lipinski definition) is 2. The molecule has 0 atom stereocenters. The van der Waals surface area contributed by atoms with Gasteiger partial charge in [0.25, 0.3) is 0 Å². The van der Waals surface area contributed by atoms with E-state index in [9.17, 15) is 9.59 Å². The van der Waals surface area contributed by atoms with Gasteiger partial charge in [-0.1, -0.05) is 13.8 Å². The molecule has 3 heteroatoms. The third-order valence-corrected chi connectivity index (χ3v) is 1.85. The maximum atomic E-state index is 11.1. The zero-order valence-corrected chi connectivity index (χ0v) is 8.38. The molecule has 0 aromatic rings. The molecule has 0 saturated carbocycles. The number of Topliss-reactive ketones (excluding diaryl/α,β-unsaturated/α-hetero) is 1. The molecule has 1 N–H and O–H groups in total.